The molecular weight excluding hydrogens is 306 g/mol. The van der Waals surface area contributed by atoms with Gasteiger partial charge < -0.3 is 24.5 Å². The molecule has 1 aliphatic heterocycles. The number of benzene rings is 2. The van der Waals surface area contributed by atoms with E-state index < -0.39 is 0 Å². The lowest BCUT2D eigenvalue weighted by atomic mass is 10.2. The van der Waals surface area contributed by atoms with Crippen molar-refractivity contribution in [1.82, 2.24) is 9.55 Å². The summed E-state index contributed by atoms with van der Waals surface area (Å²) in [5, 5.41) is 0. The fourth-order valence-electron chi connectivity index (χ4n) is 2.94. The van der Waals surface area contributed by atoms with Crippen LogP contribution in [0.15, 0.2) is 36.4 Å². The van der Waals surface area contributed by atoms with E-state index in [2.05, 4.69) is 11.5 Å². The van der Waals surface area contributed by atoms with Gasteiger partial charge in [0.15, 0.2) is 11.5 Å². The minimum atomic E-state index is 0.265. The highest BCUT2D eigenvalue weighted by molar-refractivity contribution is 5.81. The fraction of sp³-hybridized carbons (Fsp3) is 0.278. The highest BCUT2D eigenvalue weighted by atomic mass is 16.7. The lowest BCUT2D eigenvalue weighted by molar-refractivity contribution is 0.174. The van der Waals surface area contributed by atoms with Crippen molar-refractivity contribution in [2.75, 3.05) is 19.1 Å². The van der Waals surface area contributed by atoms with Crippen LogP contribution in [0.5, 0.6) is 17.2 Å². The van der Waals surface area contributed by atoms with Crippen LogP contribution < -0.4 is 19.9 Å². The van der Waals surface area contributed by atoms with Crippen molar-refractivity contribution in [3.63, 3.8) is 0 Å². The molecule has 0 unspecified atom stereocenters. The van der Waals surface area contributed by atoms with E-state index in [9.17, 15) is 0 Å². The Morgan fingerprint density at radius 1 is 1.21 bits per heavy atom. The van der Waals surface area contributed by atoms with Crippen LogP contribution in [-0.2, 0) is 13.0 Å². The monoisotopic (exact) mass is 325 g/mol. The van der Waals surface area contributed by atoms with E-state index in [4.69, 9.17) is 24.9 Å². The maximum Gasteiger partial charge on any atom is 0.231 e. The number of nitrogen functional groups attached to an aromatic ring is 1. The Hall–Kier alpha value is -2.89. The highest BCUT2D eigenvalue weighted by Crippen LogP contribution is 2.36. The highest BCUT2D eigenvalue weighted by Gasteiger charge is 2.18. The molecule has 0 fully saturated rings. The Morgan fingerprint density at radius 3 is 2.83 bits per heavy atom. The number of anilines is 1. The van der Waals surface area contributed by atoms with Gasteiger partial charge >= 0.3 is 0 Å². The number of aromatic nitrogens is 2. The van der Waals surface area contributed by atoms with Crippen molar-refractivity contribution in [3.05, 3.63) is 42.2 Å². The second kappa shape index (κ2) is 5.96. The molecule has 0 spiro atoms. The standard InChI is InChI=1S/C18H19N3O3/c1-2-18-20-14-9-16-17(24-11-23-16)10-15(14)21(18)6-7-22-13-5-3-4-12(19)8-13/h3-5,8-10H,2,6-7,11,19H2,1H3. The molecule has 1 aromatic heterocycles. The number of hydrogen-bond donors (Lipinski definition) is 1. The van der Waals surface area contributed by atoms with Crippen molar-refractivity contribution >= 4 is 16.7 Å². The first-order valence-corrected chi connectivity index (χ1v) is 8.01. The van der Waals surface area contributed by atoms with Gasteiger partial charge in [-0.25, -0.2) is 4.98 Å². The van der Waals surface area contributed by atoms with Gasteiger partial charge in [-0.3, -0.25) is 0 Å². The van der Waals surface area contributed by atoms with Crippen LogP contribution in [0.4, 0.5) is 5.69 Å². The van der Waals surface area contributed by atoms with E-state index >= 15 is 0 Å². The summed E-state index contributed by atoms with van der Waals surface area (Å²) in [5.41, 5.74) is 8.42. The molecule has 0 saturated heterocycles. The molecule has 2 heterocycles. The number of rotatable bonds is 5. The zero-order chi connectivity index (χ0) is 16.5. The maximum atomic E-state index is 5.82. The number of imidazole rings is 1. The average Bonchev–Trinajstić information content (AvgIpc) is 3.16. The van der Waals surface area contributed by atoms with Crippen molar-refractivity contribution in [2.24, 2.45) is 0 Å². The van der Waals surface area contributed by atoms with Gasteiger partial charge in [0, 0.05) is 30.3 Å². The van der Waals surface area contributed by atoms with Crippen LogP contribution in [0.2, 0.25) is 0 Å². The van der Waals surface area contributed by atoms with Crippen molar-refractivity contribution in [2.45, 2.75) is 19.9 Å². The Bertz CT molecular complexity index is 889. The van der Waals surface area contributed by atoms with Gasteiger partial charge in [0.2, 0.25) is 6.79 Å². The summed E-state index contributed by atoms with van der Waals surface area (Å²) in [6, 6.07) is 11.4. The molecular formula is C18H19N3O3. The largest absolute Gasteiger partial charge is 0.492 e. The molecule has 0 saturated carbocycles. The van der Waals surface area contributed by atoms with Gasteiger partial charge in [0.05, 0.1) is 17.6 Å². The first kappa shape index (κ1) is 14.7. The quantitative estimate of drug-likeness (QED) is 0.730. The third kappa shape index (κ3) is 2.60. The summed E-state index contributed by atoms with van der Waals surface area (Å²) in [5.74, 6) is 3.31. The van der Waals surface area contributed by atoms with Crippen LogP contribution in [0, 0.1) is 0 Å². The molecule has 6 nitrogen and oxygen atoms in total. The van der Waals surface area contributed by atoms with Gasteiger partial charge in [0.25, 0.3) is 0 Å². The van der Waals surface area contributed by atoms with Crippen LogP contribution in [0.1, 0.15) is 12.7 Å². The molecule has 0 bridgehead atoms. The predicted molar refractivity (Wildman–Crippen MR) is 91.6 cm³/mol. The smallest absolute Gasteiger partial charge is 0.231 e. The Morgan fingerprint density at radius 2 is 2.04 bits per heavy atom. The molecule has 3 aromatic rings. The SMILES string of the molecule is CCc1nc2cc3c(cc2n1CCOc1cccc(N)c1)OCO3. The van der Waals surface area contributed by atoms with Crippen LogP contribution in [0.3, 0.4) is 0 Å². The topological polar surface area (TPSA) is 71.5 Å². The maximum absolute atomic E-state index is 5.82. The first-order valence-electron chi connectivity index (χ1n) is 8.01. The van der Waals surface area contributed by atoms with Gasteiger partial charge in [-0.15, -0.1) is 0 Å². The number of aryl methyl sites for hydroxylation is 1. The average molecular weight is 325 g/mol. The third-order valence-electron chi connectivity index (χ3n) is 4.08. The molecule has 1 aliphatic rings. The second-order valence-corrected chi connectivity index (χ2v) is 5.65. The summed E-state index contributed by atoms with van der Waals surface area (Å²) in [7, 11) is 0. The number of hydrogen-bond acceptors (Lipinski definition) is 5. The summed E-state index contributed by atoms with van der Waals surface area (Å²) >= 11 is 0. The number of ether oxygens (including phenoxy) is 3. The molecule has 0 atom stereocenters. The normalized spacial score (nSPS) is 12.7. The van der Waals surface area contributed by atoms with Gasteiger partial charge in [-0.2, -0.15) is 0 Å². The molecule has 0 aliphatic carbocycles. The van der Waals surface area contributed by atoms with E-state index in [0.717, 1.165) is 40.5 Å². The fourth-order valence-corrected chi connectivity index (χ4v) is 2.94. The van der Waals surface area contributed by atoms with E-state index in [1.54, 1.807) is 0 Å². The summed E-state index contributed by atoms with van der Waals surface area (Å²) < 4.78 is 18.9. The van der Waals surface area contributed by atoms with E-state index in [1.165, 1.54) is 0 Å². The lowest BCUT2D eigenvalue weighted by Gasteiger charge is -2.10. The van der Waals surface area contributed by atoms with Crippen molar-refractivity contribution in [1.29, 1.82) is 0 Å². The molecule has 2 N–H and O–H groups in total. The minimum absolute atomic E-state index is 0.265. The van der Waals surface area contributed by atoms with Gasteiger partial charge in [0.1, 0.15) is 18.2 Å². The molecule has 0 radical (unpaired) electrons. The number of nitrogens with two attached hydrogens (primary N) is 1. The molecule has 124 valence electrons. The zero-order valence-electron chi connectivity index (χ0n) is 13.5. The van der Waals surface area contributed by atoms with Crippen molar-refractivity contribution in [3.8, 4) is 17.2 Å². The summed E-state index contributed by atoms with van der Waals surface area (Å²) in [6.07, 6.45) is 0.847. The van der Waals surface area contributed by atoms with Crippen LogP contribution in [0.25, 0.3) is 11.0 Å². The van der Waals surface area contributed by atoms with E-state index in [-0.39, 0.29) is 6.79 Å². The van der Waals surface area contributed by atoms with Crippen LogP contribution in [-0.4, -0.2) is 23.0 Å². The number of fused-ring (bicyclic) bond motifs is 2. The second-order valence-electron chi connectivity index (χ2n) is 5.65. The number of nitrogens with zero attached hydrogens (tertiary/aromatic N) is 2. The third-order valence-corrected chi connectivity index (χ3v) is 4.08. The zero-order valence-corrected chi connectivity index (χ0v) is 13.5. The predicted octanol–water partition coefficient (Wildman–Crippen LogP) is 2.99. The lowest BCUT2D eigenvalue weighted by Crippen LogP contribution is -2.11. The molecule has 4 rings (SSSR count). The van der Waals surface area contributed by atoms with Crippen LogP contribution >= 0.6 is 0 Å². The molecule has 6 heteroatoms. The summed E-state index contributed by atoms with van der Waals surface area (Å²) in [4.78, 5) is 4.70. The Kier molecular flexibility index (Phi) is 3.65. The molecule has 24 heavy (non-hydrogen) atoms. The van der Waals surface area contributed by atoms with E-state index in [0.29, 0.717) is 18.8 Å². The molecule has 2 aromatic carbocycles. The van der Waals surface area contributed by atoms with Gasteiger partial charge in [-0.1, -0.05) is 13.0 Å². The van der Waals surface area contributed by atoms with E-state index in [1.807, 2.05) is 36.4 Å². The minimum Gasteiger partial charge on any atom is -0.492 e. The Balaban J connectivity index is 1.58. The van der Waals surface area contributed by atoms with Gasteiger partial charge in [-0.05, 0) is 12.1 Å². The summed E-state index contributed by atoms with van der Waals surface area (Å²) in [6.45, 7) is 3.60. The molecule has 0 amide bonds. The Labute approximate surface area is 139 Å². The first-order chi connectivity index (χ1) is 11.7. The van der Waals surface area contributed by atoms with Crippen molar-refractivity contribution < 1.29 is 14.2 Å².